The Labute approximate surface area is 74.4 Å². The number of hydrogen-bond donors (Lipinski definition) is 2. The summed E-state index contributed by atoms with van der Waals surface area (Å²) >= 11 is 0. The van der Waals surface area contributed by atoms with Gasteiger partial charge < -0.3 is 20.4 Å². The molecule has 2 rings (SSSR count). The molecule has 0 fully saturated rings. The van der Waals surface area contributed by atoms with Gasteiger partial charge in [0.15, 0.2) is 11.5 Å². The maximum atomic E-state index is 8.33. The van der Waals surface area contributed by atoms with E-state index < -0.39 is 0 Å². The molecule has 0 aliphatic carbocycles. The number of hydrogen-bond acceptors (Lipinski definition) is 5. The Balaban J connectivity index is 2.49. The van der Waals surface area contributed by atoms with Crippen LogP contribution in [-0.2, 0) is 0 Å². The third-order valence-electron chi connectivity index (χ3n) is 1.78. The van der Waals surface area contributed by atoms with Crippen molar-refractivity contribution in [1.82, 2.24) is 0 Å². The monoisotopic (exact) mass is 180 g/mol. The number of nitrogens with two attached hydrogens (primary N) is 1. The van der Waals surface area contributed by atoms with E-state index in [1.165, 1.54) is 6.21 Å². The average Bonchev–Trinajstić information content (AvgIpc) is 2.52. The van der Waals surface area contributed by atoms with Crippen LogP contribution in [0.15, 0.2) is 17.3 Å². The molecule has 0 aromatic heterocycles. The van der Waals surface area contributed by atoms with Crippen LogP contribution in [-0.4, -0.2) is 18.2 Å². The Morgan fingerprint density at radius 1 is 1.38 bits per heavy atom. The summed E-state index contributed by atoms with van der Waals surface area (Å²) in [6.45, 7) is 0.203. The lowest BCUT2D eigenvalue weighted by Gasteiger charge is -2.01. The van der Waals surface area contributed by atoms with Gasteiger partial charge in [0.25, 0.3) is 0 Å². The van der Waals surface area contributed by atoms with Crippen molar-refractivity contribution in [2.75, 3.05) is 12.5 Å². The summed E-state index contributed by atoms with van der Waals surface area (Å²) in [5, 5.41) is 11.2. The Bertz CT molecular complexity index is 363. The van der Waals surface area contributed by atoms with E-state index >= 15 is 0 Å². The van der Waals surface area contributed by atoms with Crippen LogP contribution in [0.1, 0.15) is 5.56 Å². The van der Waals surface area contributed by atoms with E-state index in [0.29, 0.717) is 22.7 Å². The number of anilines is 1. The normalized spacial score (nSPS) is 13.8. The van der Waals surface area contributed by atoms with Crippen molar-refractivity contribution in [2.24, 2.45) is 5.16 Å². The van der Waals surface area contributed by atoms with Gasteiger partial charge in [0.2, 0.25) is 6.79 Å². The molecular weight excluding hydrogens is 172 g/mol. The van der Waals surface area contributed by atoms with Crippen LogP contribution in [0.5, 0.6) is 11.5 Å². The fraction of sp³-hybridized carbons (Fsp3) is 0.125. The molecule has 68 valence electrons. The number of ether oxygens (including phenoxy) is 2. The average molecular weight is 180 g/mol. The van der Waals surface area contributed by atoms with Crippen LogP contribution < -0.4 is 15.2 Å². The standard InChI is InChI=1S/C8H8N2O3/c9-6-2-8-7(12-4-13-8)1-5(6)3-10-11/h1-3,11H,4,9H2/b10-3+. The maximum Gasteiger partial charge on any atom is 0.231 e. The predicted molar refractivity (Wildman–Crippen MR) is 46.4 cm³/mol. The minimum atomic E-state index is 0.203. The summed E-state index contributed by atoms with van der Waals surface area (Å²) in [5.41, 5.74) is 6.73. The molecule has 1 aliphatic rings. The third-order valence-corrected chi connectivity index (χ3v) is 1.78. The van der Waals surface area contributed by atoms with Gasteiger partial charge in [-0.25, -0.2) is 0 Å². The predicted octanol–water partition coefficient (Wildman–Crippen LogP) is 0.806. The summed E-state index contributed by atoms with van der Waals surface area (Å²) in [5.74, 6) is 1.23. The SMILES string of the molecule is Nc1cc2c(cc1/C=N/O)OCO2. The smallest absolute Gasteiger partial charge is 0.231 e. The number of oxime groups is 1. The van der Waals surface area contributed by atoms with E-state index in [2.05, 4.69) is 5.16 Å². The number of nitrogens with zero attached hydrogens (tertiary/aromatic N) is 1. The third kappa shape index (κ3) is 1.24. The van der Waals surface area contributed by atoms with Crippen LogP contribution in [0.25, 0.3) is 0 Å². The zero-order valence-electron chi connectivity index (χ0n) is 6.73. The molecule has 0 unspecified atom stereocenters. The second-order valence-electron chi connectivity index (χ2n) is 2.58. The second kappa shape index (κ2) is 2.85. The topological polar surface area (TPSA) is 77.1 Å². The summed E-state index contributed by atoms with van der Waals surface area (Å²) in [7, 11) is 0. The molecular formula is C8H8N2O3. The molecule has 0 atom stereocenters. The van der Waals surface area contributed by atoms with E-state index in [4.69, 9.17) is 20.4 Å². The number of nitrogen functional groups attached to an aromatic ring is 1. The highest BCUT2D eigenvalue weighted by Gasteiger charge is 2.15. The zero-order valence-corrected chi connectivity index (χ0v) is 6.73. The molecule has 0 radical (unpaired) electrons. The molecule has 13 heavy (non-hydrogen) atoms. The van der Waals surface area contributed by atoms with Crippen LogP contribution in [0.2, 0.25) is 0 Å². The molecule has 5 nitrogen and oxygen atoms in total. The summed E-state index contributed by atoms with van der Waals surface area (Å²) in [4.78, 5) is 0. The van der Waals surface area contributed by atoms with Crippen molar-refractivity contribution in [3.8, 4) is 11.5 Å². The lowest BCUT2D eigenvalue weighted by Crippen LogP contribution is -1.93. The van der Waals surface area contributed by atoms with E-state index in [-0.39, 0.29) is 6.79 Å². The van der Waals surface area contributed by atoms with Gasteiger partial charge in [-0.2, -0.15) is 0 Å². The summed E-state index contributed by atoms with van der Waals surface area (Å²) in [6.07, 6.45) is 1.25. The van der Waals surface area contributed by atoms with Crippen molar-refractivity contribution < 1.29 is 14.7 Å². The molecule has 0 saturated heterocycles. The molecule has 0 saturated carbocycles. The molecule has 3 N–H and O–H groups in total. The van der Waals surface area contributed by atoms with Gasteiger partial charge in [0.1, 0.15) is 0 Å². The molecule has 1 aromatic carbocycles. The van der Waals surface area contributed by atoms with Gasteiger partial charge in [-0.15, -0.1) is 0 Å². The van der Waals surface area contributed by atoms with Crippen LogP contribution in [0, 0.1) is 0 Å². The quantitative estimate of drug-likeness (QED) is 0.290. The Kier molecular flexibility index (Phi) is 1.70. The first-order valence-corrected chi connectivity index (χ1v) is 3.68. The Morgan fingerprint density at radius 3 is 2.77 bits per heavy atom. The maximum absolute atomic E-state index is 8.33. The first-order valence-electron chi connectivity index (χ1n) is 3.68. The summed E-state index contributed by atoms with van der Waals surface area (Å²) < 4.78 is 10.2. The lowest BCUT2D eigenvalue weighted by molar-refractivity contribution is 0.174. The second-order valence-corrected chi connectivity index (χ2v) is 2.58. The number of fused-ring (bicyclic) bond motifs is 1. The van der Waals surface area contributed by atoms with E-state index in [0.717, 1.165) is 0 Å². The van der Waals surface area contributed by atoms with Gasteiger partial charge in [-0.1, -0.05) is 5.16 Å². The van der Waals surface area contributed by atoms with Crippen molar-refractivity contribution in [1.29, 1.82) is 0 Å². The lowest BCUT2D eigenvalue weighted by atomic mass is 10.2. The van der Waals surface area contributed by atoms with E-state index in [1.807, 2.05) is 0 Å². The minimum Gasteiger partial charge on any atom is -0.454 e. The van der Waals surface area contributed by atoms with Crippen molar-refractivity contribution in [3.63, 3.8) is 0 Å². The molecule has 1 heterocycles. The van der Waals surface area contributed by atoms with Gasteiger partial charge in [0.05, 0.1) is 6.21 Å². The minimum absolute atomic E-state index is 0.203. The number of rotatable bonds is 1. The number of benzene rings is 1. The highest BCUT2D eigenvalue weighted by Crippen LogP contribution is 2.35. The van der Waals surface area contributed by atoms with Crippen LogP contribution in [0.4, 0.5) is 5.69 Å². The first-order chi connectivity index (χ1) is 6.31. The van der Waals surface area contributed by atoms with E-state index in [1.54, 1.807) is 12.1 Å². The molecule has 0 bridgehead atoms. The molecule has 1 aliphatic heterocycles. The fourth-order valence-corrected chi connectivity index (χ4v) is 1.15. The highest BCUT2D eigenvalue weighted by molar-refractivity contribution is 5.88. The molecule has 0 amide bonds. The fourth-order valence-electron chi connectivity index (χ4n) is 1.15. The van der Waals surface area contributed by atoms with Crippen LogP contribution >= 0.6 is 0 Å². The largest absolute Gasteiger partial charge is 0.454 e. The Morgan fingerprint density at radius 2 is 2.08 bits per heavy atom. The molecule has 0 spiro atoms. The van der Waals surface area contributed by atoms with Crippen molar-refractivity contribution in [3.05, 3.63) is 17.7 Å². The Hall–Kier alpha value is -1.91. The van der Waals surface area contributed by atoms with Gasteiger partial charge in [-0.05, 0) is 6.07 Å². The van der Waals surface area contributed by atoms with E-state index in [9.17, 15) is 0 Å². The van der Waals surface area contributed by atoms with Gasteiger partial charge in [0, 0.05) is 17.3 Å². The highest BCUT2D eigenvalue weighted by atomic mass is 16.7. The molecule has 5 heteroatoms. The zero-order chi connectivity index (χ0) is 9.26. The van der Waals surface area contributed by atoms with Gasteiger partial charge >= 0.3 is 0 Å². The van der Waals surface area contributed by atoms with Crippen LogP contribution in [0.3, 0.4) is 0 Å². The van der Waals surface area contributed by atoms with Gasteiger partial charge in [-0.3, -0.25) is 0 Å². The summed E-state index contributed by atoms with van der Waals surface area (Å²) in [6, 6.07) is 3.30. The molecule has 1 aromatic rings. The van der Waals surface area contributed by atoms with Crippen molar-refractivity contribution >= 4 is 11.9 Å². The first kappa shape index (κ1) is 7.72. The van der Waals surface area contributed by atoms with Crippen molar-refractivity contribution in [2.45, 2.75) is 0 Å².